The molecule has 0 aliphatic heterocycles. The van der Waals surface area contributed by atoms with Crippen molar-refractivity contribution in [3.05, 3.63) is 30.3 Å². The lowest BCUT2D eigenvalue weighted by atomic mass is 10.3. The first-order chi connectivity index (χ1) is 8.29. The van der Waals surface area contributed by atoms with Crippen LogP contribution in [0.1, 0.15) is 0 Å². The Bertz CT molecular complexity index is 483. The molecule has 18 heavy (non-hydrogen) atoms. The van der Waals surface area contributed by atoms with E-state index in [4.69, 9.17) is 0 Å². The maximum absolute atomic E-state index is 11.8. The third kappa shape index (κ3) is 4.59. The number of hydrogen-bond donors (Lipinski definition) is 1. The molecular weight excluding hydrogens is 255 g/mol. The van der Waals surface area contributed by atoms with E-state index >= 15 is 0 Å². The maximum atomic E-state index is 11.8. The lowest BCUT2D eigenvalue weighted by Gasteiger charge is -2.25. The van der Waals surface area contributed by atoms with E-state index in [0.717, 1.165) is 4.90 Å². The summed E-state index contributed by atoms with van der Waals surface area (Å²) in [7, 11) is -2.53. The Balaban J connectivity index is 2.99. The minimum Gasteiger partial charge on any atom is -0.530 e. The summed E-state index contributed by atoms with van der Waals surface area (Å²) in [6.07, 6.45) is -1.74. The third-order valence-corrected chi connectivity index (χ3v) is 2.97. The fraction of sp³-hybridized carbons (Fsp3) is 0.273. The zero-order valence-electron chi connectivity index (χ0n) is 10.1. The van der Waals surface area contributed by atoms with Gasteiger partial charge in [0.15, 0.2) is 0 Å². The minimum atomic E-state index is -2.53. The first kappa shape index (κ1) is 14.3. The average Bonchev–Trinajstić information content (AvgIpc) is 2.25. The first-order valence-electron chi connectivity index (χ1n) is 5.18. The van der Waals surface area contributed by atoms with Gasteiger partial charge in [-0.15, -0.1) is 0 Å². The number of benzene rings is 1. The number of anilines is 1. The second-order valence-corrected chi connectivity index (χ2v) is 7.63. The van der Waals surface area contributed by atoms with Gasteiger partial charge < -0.3 is 14.5 Å². The monoisotopic (exact) mass is 269 g/mol. The largest absolute Gasteiger partial charge is 0.530 e. The molecule has 0 fully saturated rings. The van der Waals surface area contributed by atoms with Crippen molar-refractivity contribution in [1.82, 2.24) is 5.32 Å². The van der Waals surface area contributed by atoms with Crippen molar-refractivity contribution in [2.24, 2.45) is 0 Å². The number of amides is 3. The number of carboxylic acid groups (broad SMARTS) is 1. The molecule has 0 saturated carbocycles. The molecule has 98 valence electrons. The summed E-state index contributed by atoms with van der Waals surface area (Å²) in [5.74, 6) is 0. The van der Waals surface area contributed by atoms with Gasteiger partial charge in [-0.05, 0) is 25.5 Å². The van der Waals surface area contributed by atoms with Crippen LogP contribution in [0, 0.1) is 0 Å². The van der Waals surface area contributed by atoms with Crippen molar-refractivity contribution >= 4 is 25.0 Å². The number of para-hydroxylation sites is 1. The number of carbonyl (C=O) groups is 2. The maximum Gasteiger partial charge on any atom is 0.327 e. The average molecular weight is 269 g/mol. The van der Waals surface area contributed by atoms with Crippen LogP contribution in [-0.4, -0.2) is 31.7 Å². The molecule has 0 aliphatic carbocycles. The van der Waals surface area contributed by atoms with Crippen molar-refractivity contribution in [1.29, 1.82) is 0 Å². The molecule has 1 aromatic rings. The molecule has 3 amide bonds. The van der Waals surface area contributed by atoms with Gasteiger partial charge in [-0.2, -0.15) is 0 Å². The number of carbonyl (C=O) groups excluding carboxylic acids is 2. The van der Waals surface area contributed by atoms with Crippen molar-refractivity contribution in [2.45, 2.75) is 0 Å². The molecule has 0 radical (unpaired) electrons. The summed E-state index contributed by atoms with van der Waals surface area (Å²) in [6, 6.07) is 7.55. The Morgan fingerprint density at radius 3 is 2.28 bits per heavy atom. The van der Waals surface area contributed by atoms with Crippen LogP contribution in [0.3, 0.4) is 0 Å². The predicted molar refractivity (Wildman–Crippen MR) is 67.2 cm³/mol. The van der Waals surface area contributed by atoms with Gasteiger partial charge in [-0.25, -0.2) is 4.79 Å². The van der Waals surface area contributed by atoms with E-state index in [1.165, 1.54) is 13.3 Å². The minimum absolute atomic E-state index is 0.0455. The SMILES string of the molecule is CP(C)(=O)CN(C(=O)NC(=O)[O-])c1ccccc1. The molecule has 0 bridgehead atoms. The van der Waals surface area contributed by atoms with Crippen LogP contribution in [0.25, 0.3) is 0 Å². The smallest absolute Gasteiger partial charge is 0.327 e. The van der Waals surface area contributed by atoms with Crippen LogP contribution in [0.2, 0.25) is 0 Å². The van der Waals surface area contributed by atoms with Gasteiger partial charge >= 0.3 is 6.03 Å². The number of urea groups is 1. The van der Waals surface area contributed by atoms with E-state index in [9.17, 15) is 19.3 Å². The fourth-order valence-electron chi connectivity index (χ4n) is 1.37. The quantitative estimate of drug-likeness (QED) is 0.833. The van der Waals surface area contributed by atoms with Crippen molar-refractivity contribution in [3.8, 4) is 0 Å². The van der Waals surface area contributed by atoms with E-state index in [1.54, 1.807) is 35.6 Å². The number of nitrogens with zero attached hydrogens (tertiary/aromatic N) is 1. The third-order valence-electron chi connectivity index (χ3n) is 2.00. The number of hydrogen-bond acceptors (Lipinski definition) is 4. The summed E-state index contributed by atoms with van der Waals surface area (Å²) < 4.78 is 11.8. The second kappa shape index (κ2) is 5.69. The molecule has 1 rings (SSSR count). The van der Waals surface area contributed by atoms with Gasteiger partial charge in [0.1, 0.15) is 13.2 Å². The van der Waals surface area contributed by atoms with Crippen molar-refractivity contribution in [2.75, 3.05) is 24.5 Å². The van der Waals surface area contributed by atoms with E-state index in [-0.39, 0.29) is 6.29 Å². The Morgan fingerprint density at radius 1 is 1.28 bits per heavy atom. The van der Waals surface area contributed by atoms with E-state index in [1.807, 2.05) is 0 Å². The van der Waals surface area contributed by atoms with Gasteiger partial charge in [0.2, 0.25) is 0 Å². The zero-order chi connectivity index (χ0) is 13.8. The summed E-state index contributed by atoms with van der Waals surface area (Å²) in [5.41, 5.74) is 0.472. The molecule has 7 heteroatoms. The molecule has 0 heterocycles. The number of imide groups is 1. The molecular formula is C11H14N2O4P-. The van der Waals surface area contributed by atoms with E-state index in [2.05, 4.69) is 0 Å². The van der Waals surface area contributed by atoms with Gasteiger partial charge in [-0.3, -0.25) is 10.2 Å². The fourth-order valence-corrected chi connectivity index (χ4v) is 2.34. The Kier molecular flexibility index (Phi) is 4.50. The van der Waals surface area contributed by atoms with Crippen LogP contribution in [0.5, 0.6) is 0 Å². The summed E-state index contributed by atoms with van der Waals surface area (Å²) in [4.78, 5) is 23.2. The highest BCUT2D eigenvalue weighted by Gasteiger charge is 2.21. The van der Waals surface area contributed by atoms with Crippen LogP contribution >= 0.6 is 7.14 Å². The van der Waals surface area contributed by atoms with Crippen LogP contribution in [-0.2, 0) is 4.57 Å². The van der Waals surface area contributed by atoms with Gasteiger partial charge in [-0.1, -0.05) is 18.2 Å². The van der Waals surface area contributed by atoms with Crippen LogP contribution in [0.4, 0.5) is 15.3 Å². The van der Waals surface area contributed by atoms with E-state index in [0.29, 0.717) is 5.69 Å². The Morgan fingerprint density at radius 2 is 1.83 bits per heavy atom. The summed E-state index contributed by atoms with van der Waals surface area (Å²) in [6.45, 7) is 3.05. The highest BCUT2D eigenvalue weighted by atomic mass is 31.2. The standard InChI is InChI=1S/C11H15N2O4P/c1-18(2,17)8-13(10(14)12-11(15)16)9-6-4-3-5-7-9/h3-7H,8H2,1-2H3,(H,12,14)(H,15,16)/p-1. The summed E-state index contributed by atoms with van der Waals surface area (Å²) in [5, 5.41) is 12.0. The zero-order valence-corrected chi connectivity index (χ0v) is 11.0. The molecule has 6 nitrogen and oxygen atoms in total. The van der Waals surface area contributed by atoms with Gasteiger partial charge in [0.05, 0.1) is 6.29 Å². The molecule has 0 aliphatic rings. The topological polar surface area (TPSA) is 89.5 Å². The summed E-state index contributed by atoms with van der Waals surface area (Å²) >= 11 is 0. The molecule has 1 aromatic carbocycles. The Labute approximate surface area is 105 Å². The predicted octanol–water partition coefficient (Wildman–Crippen LogP) is 1.13. The van der Waals surface area contributed by atoms with Gasteiger partial charge in [0, 0.05) is 5.69 Å². The van der Waals surface area contributed by atoms with Crippen molar-refractivity contribution < 1.29 is 19.3 Å². The molecule has 1 N–H and O–H groups in total. The van der Waals surface area contributed by atoms with Crippen LogP contribution < -0.4 is 15.3 Å². The molecule has 0 saturated heterocycles. The molecule has 0 spiro atoms. The van der Waals surface area contributed by atoms with E-state index < -0.39 is 19.3 Å². The second-order valence-electron chi connectivity index (χ2n) is 4.20. The number of rotatable bonds is 3. The normalized spacial score (nSPS) is 10.8. The Hall–Kier alpha value is -1.81. The lowest BCUT2D eigenvalue weighted by Crippen LogP contribution is -2.48. The highest BCUT2D eigenvalue weighted by molar-refractivity contribution is 7.62. The molecule has 0 unspecified atom stereocenters. The number of nitrogens with one attached hydrogen (secondary N) is 1. The van der Waals surface area contributed by atoms with Crippen molar-refractivity contribution in [3.63, 3.8) is 0 Å². The molecule has 0 atom stereocenters. The first-order valence-corrected chi connectivity index (χ1v) is 7.97. The molecule has 0 aromatic heterocycles. The lowest BCUT2D eigenvalue weighted by molar-refractivity contribution is -0.248. The van der Waals surface area contributed by atoms with Crippen LogP contribution in [0.15, 0.2) is 30.3 Å². The van der Waals surface area contributed by atoms with Gasteiger partial charge in [0.25, 0.3) is 0 Å². The highest BCUT2D eigenvalue weighted by Crippen LogP contribution is 2.38.